The van der Waals surface area contributed by atoms with E-state index in [1.54, 1.807) is 6.92 Å². The first-order chi connectivity index (χ1) is 17.4. The van der Waals surface area contributed by atoms with Crippen molar-refractivity contribution in [3.63, 3.8) is 0 Å². The molecular weight excluding hydrogens is 514 g/mol. The van der Waals surface area contributed by atoms with Crippen molar-refractivity contribution in [1.82, 2.24) is 9.96 Å². The summed E-state index contributed by atoms with van der Waals surface area (Å²) in [5, 5.41) is 0.697. The van der Waals surface area contributed by atoms with Gasteiger partial charge in [-0.15, -0.1) is 4.28 Å². The van der Waals surface area contributed by atoms with E-state index < -0.39 is 51.2 Å². The van der Waals surface area contributed by atoms with Crippen LogP contribution in [0.3, 0.4) is 0 Å². The van der Waals surface area contributed by atoms with Gasteiger partial charge in [0, 0.05) is 7.05 Å². The molecule has 1 fully saturated rings. The van der Waals surface area contributed by atoms with Crippen molar-refractivity contribution in [2.75, 3.05) is 20.3 Å². The fraction of sp³-hybridized carbons (Fsp3) is 0.654. The quantitative estimate of drug-likeness (QED) is 0.409. The van der Waals surface area contributed by atoms with Crippen molar-refractivity contribution < 1.29 is 36.0 Å². The van der Waals surface area contributed by atoms with Crippen molar-refractivity contribution in [3.05, 3.63) is 34.9 Å². The number of aryl methyl sites for hydroxylation is 2. The minimum absolute atomic E-state index is 0.124. The summed E-state index contributed by atoms with van der Waals surface area (Å²) in [5.41, 5.74) is 6.43. The summed E-state index contributed by atoms with van der Waals surface area (Å²) in [6.07, 6.45) is 1.03. The van der Waals surface area contributed by atoms with Crippen LogP contribution in [0.2, 0.25) is 0 Å². The van der Waals surface area contributed by atoms with E-state index in [-0.39, 0.29) is 19.6 Å². The Bertz CT molecular complexity index is 1130. The highest BCUT2D eigenvalue weighted by atomic mass is 32.3. The number of rotatable bonds is 11. The lowest BCUT2D eigenvalue weighted by atomic mass is 9.76. The molecule has 0 unspecified atom stereocenters. The van der Waals surface area contributed by atoms with Crippen LogP contribution < -0.4 is 5.73 Å². The normalized spacial score (nSPS) is 19.3. The molecule has 11 nitrogen and oxygen atoms in total. The number of amides is 3. The molecule has 1 aromatic carbocycles. The van der Waals surface area contributed by atoms with Crippen LogP contribution >= 0.6 is 0 Å². The number of carbonyl (C=O) groups excluding carboxylic acids is 3. The number of ether oxygens (including phenoxy) is 1. The first-order valence-corrected chi connectivity index (χ1v) is 13.9. The summed E-state index contributed by atoms with van der Waals surface area (Å²) in [5.74, 6) is -1.09. The molecule has 1 aliphatic heterocycles. The molecule has 2 N–H and O–H groups in total. The summed E-state index contributed by atoms with van der Waals surface area (Å²) in [7, 11) is -3.25. The second kappa shape index (κ2) is 12.0. The van der Waals surface area contributed by atoms with Gasteiger partial charge in [-0.25, -0.2) is 13.8 Å². The van der Waals surface area contributed by atoms with Crippen molar-refractivity contribution in [3.8, 4) is 0 Å². The van der Waals surface area contributed by atoms with Crippen molar-refractivity contribution in [2.24, 2.45) is 16.6 Å². The van der Waals surface area contributed by atoms with Gasteiger partial charge in [0.25, 0.3) is 0 Å². The van der Waals surface area contributed by atoms with Gasteiger partial charge in [0.05, 0.1) is 24.8 Å². The minimum atomic E-state index is -4.61. The van der Waals surface area contributed by atoms with Crippen LogP contribution in [0.4, 0.5) is 4.79 Å². The van der Waals surface area contributed by atoms with Crippen LogP contribution in [0.15, 0.2) is 18.2 Å². The number of primary amides is 1. The zero-order valence-electron chi connectivity index (χ0n) is 23.6. The monoisotopic (exact) mass is 555 g/mol. The molecule has 0 radical (unpaired) electrons. The van der Waals surface area contributed by atoms with E-state index in [1.165, 1.54) is 7.05 Å². The number of urea groups is 1. The van der Waals surface area contributed by atoms with Crippen molar-refractivity contribution in [2.45, 2.75) is 79.8 Å². The standard InChI is InChI=1S/C26H41N3O8S/c1-17-10-9-11-18(2)21(17)23(31)35-15-25(4,5)14-26(6,7)16-36-38(33,34)37-29-19(3)12-13-20(22(27)30)28(8)24(29)32/h9-11,19-20H,12-16H2,1-8H3,(H2,27,30)/t19-,20-/m0/s1. The molecule has 3 amide bonds. The number of benzene rings is 1. The van der Waals surface area contributed by atoms with E-state index in [0.717, 1.165) is 16.0 Å². The van der Waals surface area contributed by atoms with E-state index in [4.69, 9.17) is 18.9 Å². The van der Waals surface area contributed by atoms with Gasteiger partial charge in [-0.2, -0.15) is 13.5 Å². The van der Waals surface area contributed by atoms with Gasteiger partial charge in [-0.3, -0.25) is 4.79 Å². The Morgan fingerprint density at radius 1 is 1.05 bits per heavy atom. The highest BCUT2D eigenvalue weighted by Gasteiger charge is 2.39. The maximum absolute atomic E-state index is 12.8. The van der Waals surface area contributed by atoms with Gasteiger partial charge in [0.15, 0.2) is 0 Å². The Morgan fingerprint density at radius 2 is 1.61 bits per heavy atom. The number of likely N-dealkylation sites (N-methyl/N-ethyl adjacent to an activating group) is 1. The van der Waals surface area contributed by atoms with Gasteiger partial charge in [0.2, 0.25) is 5.91 Å². The molecule has 214 valence electrons. The number of esters is 1. The van der Waals surface area contributed by atoms with Crippen LogP contribution in [-0.2, 0) is 28.4 Å². The molecule has 1 saturated heterocycles. The molecule has 0 aromatic heterocycles. The number of hydroxylamine groups is 2. The van der Waals surface area contributed by atoms with Crippen LogP contribution in [-0.4, -0.2) is 68.6 Å². The number of carbonyl (C=O) groups is 3. The first kappa shape index (κ1) is 31.5. The third-order valence-electron chi connectivity index (χ3n) is 6.55. The first-order valence-electron chi connectivity index (χ1n) is 12.5. The fourth-order valence-corrected chi connectivity index (χ4v) is 5.76. The molecule has 2 rings (SSSR count). The lowest BCUT2D eigenvalue weighted by Crippen LogP contribution is -2.50. The highest BCUT2D eigenvalue weighted by molar-refractivity contribution is 7.81. The fourth-order valence-electron chi connectivity index (χ4n) is 4.84. The largest absolute Gasteiger partial charge is 0.462 e. The molecule has 38 heavy (non-hydrogen) atoms. The van der Waals surface area contributed by atoms with E-state index in [0.29, 0.717) is 23.5 Å². The molecule has 0 bridgehead atoms. The van der Waals surface area contributed by atoms with Gasteiger partial charge in [-0.05, 0) is 62.0 Å². The Kier molecular flexibility index (Phi) is 9.95. The lowest BCUT2D eigenvalue weighted by molar-refractivity contribution is -0.122. The van der Waals surface area contributed by atoms with Gasteiger partial charge in [0.1, 0.15) is 6.04 Å². The molecule has 1 aromatic rings. The van der Waals surface area contributed by atoms with Crippen LogP contribution in [0.25, 0.3) is 0 Å². The second-order valence-corrected chi connectivity index (χ2v) is 12.9. The third-order valence-corrected chi connectivity index (χ3v) is 7.30. The predicted molar refractivity (Wildman–Crippen MR) is 141 cm³/mol. The van der Waals surface area contributed by atoms with Gasteiger partial charge in [-0.1, -0.05) is 45.9 Å². The number of nitrogens with two attached hydrogens (primary N) is 1. The molecule has 0 saturated carbocycles. The molecule has 1 aliphatic rings. The van der Waals surface area contributed by atoms with E-state index >= 15 is 0 Å². The summed E-state index contributed by atoms with van der Waals surface area (Å²) in [6.45, 7) is 12.7. The number of hydrogen-bond acceptors (Lipinski definition) is 8. The van der Waals surface area contributed by atoms with E-state index in [1.807, 2.05) is 59.7 Å². The van der Waals surface area contributed by atoms with Gasteiger partial charge < -0.3 is 15.4 Å². The molecule has 1 heterocycles. The SMILES string of the molecule is Cc1cccc(C)c1C(=O)OCC(C)(C)CC(C)(C)COS(=O)(=O)ON1C(=O)N(C)[C@H](C(N)=O)CC[C@@H]1C. The zero-order chi connectivity index (χ0) is 29.1. The van der Waals surface area contributed by atoms with Gasteiger partial charge >= 0.3 is 22.4 Å². The maximum Gasteiger partial charge on any atom is 0.421 e. The third kappa shape index (κ3) is 8.40. The molecule has 0 spiro atoms. The molecule has 0 aliphatic carbocycles. The second-order valence-electron chi connectivity index (χ2n) is 11.7. The molecule has 12 heteroatoms. The predicted octanol–water partition coefficient (Wildman–Crippen LogP) is 3.49. The summed E-state index contributed by atoms with van der Waals surface area (Å²) in [4.78, 5) is 38.2. The highest BCUT2D eigenvalue weighted by Crippen LogP contribution is 2.35. The van der Waals surface area contributed by atoms with Crippen molar-refractivity contribution in [1.29, 1.82) is 0 Å². The number of nitrogens with zero attached hydrogens (tertiary/aromatic N) is 2. The summed E-state index contributed by atoms with van der Waals surface area (Å²) >= 11 is 0. The maximum atomic E-state index is 12.8. The lowest BCUT2D eigenvalue weighted by Gasteiger charge is -2.34. The molecular formula is C26H41N3O8S. The van der Waals surface area contributed by atoms with Crippen molar-refractivity contribution >= 4 is 28.3 Å². The molecule has 2 atom stereocenters. The Hall–Kier alpha value is -2.70. The number of hydrogen-bond donors (Lipinski definition) is 1. The summed E-state index contributed by atoms with van der Waals surface area (Å²) < 4.78 is 41.1. The van der Waals surface area contributed by atoms with Crippen LogP contribution in [0, 0.1) is 24.7 Å². The summed E-state index contributed by atoms with van der Waals surface area (Å²) in [6, 6.07) is 3.28. The Labute approximate surface area is 225 Å². The Balaban J connectivity index is 1.99. The Morgan fingerprint density at radius 3 is 2.16 bits per heavy atom. The van der Waals surface area contributed by atoms with Crippen LogP contribution in [0.1, 0.15) is 75.4 Å². The van der Waals surface area contributed by atoms with Crippen LogP contribution in [0.5, 0.6) is 0 Å². The van der Waals surface area contributed by atoms with E-state index in [9.17, 15) is 22.8 Å². The van der Waals surface area contributed by atoms with E-state index in [2.05, 4.69) is 0 Å². The average Bonchev–Trinajstić information content (AvgIpc) is 2.88. The topological polar surface area (TPSA) is 146 Å². The smallest absolute Gasteiger partial charge is 0.421 e. The zero-order valence-corrected chi connectivity index (χ0v) is 24.4. The average molecular weight is 556 g/mol. The minimum Gasteiger partial charge on any atom is -0.462 e.